The molecule has 0 fully saturated rings. The Hall–Kier alpha value is -5.75. The maximum Gasteiger partial charge on any atom is 0.388 e. The molecule has 0 saturated heterocycles. The van der Waals surface area contributed by atoms with Gasteiger partial charge in [0.15, 0.2) is 12.4 Å². The van der Waals surface area contributed by atoms with Crippen LogP contribution in [0.2, 0.25) is 5.02 Å². The van der Waals surface area contributed by atoms with Gasteiger partial charge in [0.05, 0.1) is 14.2 Å². The average Bonchev–Trinajstić information content (AvgIpc) is 3.77. The van der Waals surface area contributed by atoms with Gasteiger partial charge in [-0.2, -0.15) is 18.7 Å². The quantitative estimate of drug-likeness (QED) is 0.0814. The molecule has 5 heterocycles. The lowest BCUT2D eigenvalue weighted by Gasteiger charge is -2.13. The number of aromatic amines is 2. The van der Waals surface area contributed by atoms with Crippen LogP contribution in [0, 0.1) is 5.82 Å². The van der Waals surface area contributed by atoms with Gasteiger partial charge in [0, 0.05) is 45.8 Å². The van der Waals surface area contributed by atoms with E-state index in [-0.39, 0.29) is 38.3 Å². The van der Waals surface area contributed by atoms with Crippen molar-refractivity contribution in [2.45, 2.75) is 29.3 Å². The molecule has 0 amide bonds. The summed E-state index contributed by atoms with van der Waals surface area (Å²) in [7, 11) is -6.08. The summed E-state index contributed by atoms with van der Waals surface area (Å²) in [6.07, 6.45) is -3.30. The zero-order chi connectivity index (χ0) is 40.9. The molecular weight excluding hydrogens is 831 g/mol. The lowest BCUT2D eigenvalue weighted by atomic mass is 10.2. The monoisotopic (exact) mass is 855 g/mol. The molecule has 25 heteroatoms. The highest BCUT2D eigenvalue weighted by Gasteiger charge is 2.26. The second-order valence-electron chi connectivity index (χ2n) is 10.8. The van der Waals surface area contributed by atoms with E-state index in [1.807, 2.05) is 4.72 Å². The van der Waals surface area contributed by atoms with Gasteiger partial charge in [0.2, 0.25) is 17.6 Å². The van der Waals surface area contributed by atoms with Crippen molar-refractivity contribution in [1.82, 2.24) is 24.9 Å². The van der Waals surface area contributed by atoms with Gasteiger partial charge in [-0.15, -0.1) is 0 Å². The molecule has 6 rings (SSSR count). The average molecular weight is 856 g/mol. The molecule has 4 N–H and O–H groups in total. The number of methoxy groups -OCH3 is 2. The SMILES string of the molecule is COc1ccc(NS(=O)(=O)c2c[nH]c3cc(Cl)ccc23)c(OCC(F)F)n1.COc1nc(OC(F)F)c(F)cc1NS(=O)(=O)c1c[nH]c2nc(C(F)F)ccc12. The van der Waals surface area contributed by atoms with Gasteiger partial charge < -0.3 is 28.9 Å². The van der Waals surface area contributed by atoms with E-state index in [1.54, 1.807) is 18.2 Å². The number of aromatic nitrogens is 5. The number of nitrogens with one attached hydrogen (secondary N) is 4. The fourth-order valence-corrected chi connectivity index (χ4v) is 7.37. The Labute approximate surface area is 316 Å². The van der Waals surface area contributed by atoms with Crippen LogP contribution in [0.3, 0.4) is 0 Å². The van der Waals surface area contributed by atoms with Crippen LogP contribution >= 0.6 is 11.6 Å². The lowest BCUT2D eigenvalue weighted by Crippen LogP contribution is -2.15. The Balaban J connectivity index is 0.000000215. The number of alkyl halides is 6. The second-order valence-corrected chi connectivity index (χ2v) is 14.5. The first kappa shape index (κ1) is 41.4. The molecule has 56 heavy (non-hydrogen) atoms. The molecule has 0 aliphatic heterocycles. The molecule has 0 bridgehead atoms. The van der Waals surface area contributed by atoms with Gasteiger partial charge in [-0.25, -0.2) is 43.8 Å². The van der Waals surface area contributed by atoms with Crippen LogP contribution in [0.4, 0.5) is 42.1 Å². The third-order valence-electron chi connectivity index (χ3n) is 7.11. The summed E-state index contributed by atoms with van der Waals surface area (Å²) in [5, 5.41) is 0.860. The third-order valence-corrected chi connectivity index (χ3v) is 10.2. The molecule has 15 nitrogen and oxygen atoms in total. The number of ether oxygens (including phenoxy) is 4. The van der Waals surface area contributed by atoms with E-state index in [0.717, 1.165) is 25.4 Å². The number of halogens is 8. The van der Waals surface area contributed by atoms with Gasteiger partial charge in [-0.05, 0) is 36.4 Å². The summed E-state index contributed by atoms with van der Waals surface area (Å²) >= 11 is 5.90. The first-order valence-corrected chi connectivity index (χ1v) is 18.5. The molecule has 0 unspecified atom stereocenters. The second kappa shape index (κ2) is 16.9. The minimum Gasteiger partial charge on any atom is -0.481 e. The zero-order valence-electron chi connectivity index (χ0n) is 28.2. The maximum absolute atomic E-state index is 13.9. The fraction of sp³-hybridized carbons (Fsp3) is 0.194. The summed E-state index contributed by atoms with van der Waals surface area (Å²) in [5.41, 5.74) is -0.735. The van der Waals surface area contributed by atoms with E-state index in [1.165, 1.54) is 25.4 Å². The molecule has 0 aliphatic rings. The highest BCUT2D eigenvalue weighted by atomic mass is 35.5. The number of benzene rings is 1. The minimum absolute atomic E-state index is 0.00745. The van der Waals surface area contributed by atoms with E-state index < -0.39 is 75.1 Å². The Morgan fingerprint density at radius 2 is 1.41 bits per heavy atom. The van der Waals surface area contributed by atoms with Gasteiger partial charge in [0.1, 0.15) is 32.5 Å². The number of nitrogens with zero attached hydrogens (tertiary/aromatic N) is 3. The van der Waals surface area contributed by atoms with Crippen molar-refractivity contribution in [1.29, 1.82) is 0 Å². The van der Waals surface area contributed by atoms with Crippen molar-refractivity contribution in [2.75, 3.05) is 30.3 Å². The molecule has 0 spiro atoms. The first-order valence-electron chi connectivity index (χ1n) is 15.2. The van der Waals surface area contributed by atoms with E-state index >= 15 is 0 Å². The normalized spacial score (nSPS) is 11.9. The Kier molecular flexibility index (Phi) is 12.5. The predicted octanol–water partition coefficient (Wildman–Crippen LogP) is 7.12. The van der Waals surface area contributed by atoms with Crippen LogP contribution in [0.15, 0.2) is 70.7 Å². The Morgan fingerprint density at radius 1 is 0.750 bits per heavy atom. The zero-order valence-corrected chi connectivity index (χ0v) is 30.5. The van der Waals surface area contributed by atoms with Crippen LogP contribution in [0.25, 0.3) is 21.9 Å². The van der Waals surface area contributed by atoms with E-state index in [0.29, 0.717) is 22.0 Å². The van der Waals surface area contributed by atoms with E-state index in [9.17, 15) is 47.6 Å². The van der Waals surface area contributed by atoms with E-state index in [4.69, 9.17) is 25.8 Å². The number of fused-ring (bicyclic) bond motifs is 2. The molecule has 0 saturated carbocycles. The number of rotatable bonds is 14. The van der Waals surface area contributed by atoms with Crippen LogP contribution in [0.5, 0.6) is 23.5 Å². The molecule has 0 atom stereocenters. The molecule has 5 aromatic heterocycles. The number of anilines is 2. The van der Waals surface area contributed by atoms with E-state index in [2.05, 4.69) is 34.4 Å². The highest BCUT2D eigenvalue weighted by Crippen LogP contribution is 2.34. The smallest absolute Gasteiger partial charge is 0.388 e. The third kappa shape index (κ3) is 9.54. The van der Waals surface area contributed by atoms with Gasteiger partial charge in [0.25, 0.3) is 38.8 Å². The van der Waals surface area contributed by atoms with Gasteiger partial charge >= 0.3 is 6.61 Å². The fourth-order valence-electron chi connectivity index (χ4n) is 4.75. The molecule has 0 radical (unpaired) electrons. The van der Waals surface area contributed by atoms with Crippen molar-refractivity contribution in [2.24, 2.45) is 0 Å². The van der Waals surface area contributed by atoms with Crippen molar-refractivity contribution in [3.63, 3.8) is 0 Å². The van der Waals surface area contributed by atoms with Crippen LogP contribution in [-0.4, -0.2) is 75.6 Å². The van der Waals surface area contributed by atoms with Crippen molar-refractivity contribution in [3.05, 3.63) is 77.5 Å². The van der Waals surface area contributed by atoms with Crippen LogP contribution in [-0.2, 0) is 20.0 Å². The Morgan fingerprint density at radius 3 is 2.05 bits per heavy atom. The molecule has 1 aromatic carbocycles. The Bertz CT molecular complexity index is 2580. The summed E-state index contributed by atoms with van der Waals surface area (Å²) in [6.45, 7) is -4.30. The van der Waals surface area contributed by atoms with Gasteiger partial charge in [-0.3, -0.25) is 9.44 Å². The minimum atomic E-state index is -4.40. The molecule has 0 aliphatic carbocycles. The summed E-state index contributed by atoms with van der Waals surface area (Å²) < 4.78 is 163. The number of hydrogen-bond acceptors (Lipinski definition) is 11. The highest BCUT2D eigenvalue weighted by molar-refractivity contribution is 7.93. The summed E-state index contributed by atoms with van der Waals surface area (Å²) in [6, 6.07) is 10.0. The lowest BCUT2D eigenvalue weighted by molar-refractivity contribution is -0.0555. The first-order chi connectivity index (χ1) is 26.4. The largest absolute Gasteiger partial charge is 0.481 e. The molecule has 300 valence electrons. The number of H-pyrrole nitrogens is 2. The van der Waals surface area contributed by atoms with Crippen LogP contribution in [0.1, 0.15) is 12.1 Å². The predicted molar refractivity (Wildman–Crippen MR) is 186 cm³/mol. The number of sulfonamides is 2. The standard InChI is InChI=1S/C16H14ClF2N3O4S.C15H11F5N4O4S/c1-25-15-5-4-11(16(21-15)26-8-14(18)19)22-27(23,24)13-7-20-12-6-9(17)2-3-10(12)13;1-27-14-9(4-7(16)13(23-14)28-15(19)20)24-29(25,26)10-5-21-12-6(10)2-3-8(22-12)11(17)18/h2-7,14,20,22H,8H2,1H3;2-5,11,15,24H,1H3,(H,21,22). The van der Waals surface area contributed by atoms with Crippen molar-refractivity contribution in [3.8, 4) is 23.5 Å². The van der Waals surface area contributed by atoms with Crippen LogP contribution < -0.4 is 28.4 Å². The maximum atomic E-state index is 13.9. The molecular formula is C31H25ClF7N7O8S2. The van der Waals surface area contributed by atoms with Crippen molar-refractivity contribution >= 4 is 65.0 Å². The van der Waals surface area contributed by atoms with Gasteiger partial charge in [-0.1, -0.05) is 11.6 Å². The summed E-state index contributed by atoms with van der Waals surface area (Å²) in [4.78, 5) is 15.7. The summed E-state index contributed by atoms with van der Waals surface area (Å²) in [5.74, 6) is -3.23. The topological polar surface area (TPSA) is 200 Å². The molecule has 6 aromatic rings. The number of pyridine rings is 3. The number of hydrogen-bond donors (Lipinski definition) is 4. The van der Waals surface area contributed by atoms with Crippen molar-refractivity contribution < 1.29 is 66.5 Å².